The van der Waals surface area contributed by atoms with E-state index in [1.807, 2.05) is 13.8 Å². The third-order valence-corrected chi connectivity index (χ3v) is 20.3. The van der Waals surface area contributed by atoms with Gasteiger partial charge in [-0.2, -0.15) is 0 Å². The van der Waals surface area contributed by atoms with Crippen molar-refractivity contribution in [1.82, 2.24) is 5.32 Å². The molecule has 1 amide bonds. The molecule has 0 aromatic heterocycles. The van der Waals surface area contributed by atoms with Crippen molar-refractivity contribution in [3.05, 3.63) is 12.2 Å². The number of amides is 1. The second-order valence-electron chi connectivity index (χ2n) is 15.0. The van der Waals surface area contributed by atoms with E-state index in [2.05, 4.69) is 87.6 Å². The zero-order valence-electron chi connectivity index (χ0n) is 29.3. The molecule has 1 heterocycles. The highest BCUT2D eigenvalue weighted by Crippen LogP contribution is 2.43. The molecule has 0 spiro atoms. The first kappa shape index (κ1) is 38.7. The van der Waals surface area contributed by atoms with Gasteiger partial charge in [0.1, 0.15) is 0 Å². The van der Waals surface area contributed by atoms with Gasteiger partial charge in [0.15, 0.2) is 14.1 Å². The van der Waals surface area contributed by atoms with Crippen LogP contribution in [0.25, 0.3) is 0 Å². The molecule has 244 valence electrons. The molecule has 1 rings (SSSR count). The number of allylic oxidation sites excluding steroid dienone is 2. The number of ketones is 1. The number of rotatable bonds is 15. The van der Waals surface area contributed by atoms with E-state index in [0.717, 1.165) is 12.8 Å². The zero-order chi connectivity index (χ0) is 32.6. The molecule has 1 saturated heterocycles. The lowest BCUT2D eigenvalue weighted by atomic mass is 9.90. The third-order valence-electron chi connectivity index (χ3n) is 9.78. The Balaban J connectivity index is 3.09. The molecule has 5 atom stereocenters. The van der Waals surface area contributed by atoms with Gasteiger partial charge in [-0.1, -0.05) is 75.3 Å². The summed E-state index contributed by atoms with van der Waals surface area (Å²) in [4.78, 5) is 39.1. The molecule has 0 unspecified atom stereocenters. The summed E-state index contributed by atoms with van der Waals surface area (Å²) in [5, 5.41) is 3.01. The van der Waals surface area contributed by atoms with Crippen LogP contribution in [0.3, 0.4) is 0 Å². The van der Waals surface area contributed by atoms with Crippen LogP contribution in [0.2, 0.25) is 34.8 Å². The SMILES string of the molecule is C/C=C/C(=O)C[C@H]1CC[C@@H](C)[C@H](CC(=O)NC[C@@H](O[Si](C)(C)C(C)(C)C)[C@H](C)C(=O)O[Si](C(C)C)(C(C)C)C(C)C)O1. The van der Waals surface area contributed by atoms with Gasteiger partial charge in [-0.15, -0.1) is 0 Å². The Kier molecular flexibility index (Phi) is 14.9. The molecule has 0 radical (unpaired) electrons. The minimum Gasteiger partial charge on any atom is -0.518 e. The van der Waals surface area contributed by atoms with Crippen LogP contribution in [-0.4, -0.2) is 59.2 Å². The fraction of sp³-hybridized carbons (Fsp3) is 0.848. The second kappa shape index (κ2) is 16.1. The number of hydrogen-bond acceptors (Lipinski definition) is 6. The Morgan fingerprint density at radius 1 is 0.952 bits per heavy atom. The Labute approximate surface area is 259 Å². The molecule has 0 saturated carbocycles. The summed E-state index contributed by atoms with van der Waals surface area (Å²) in [6, 6.07) is 0. The average molecular weight is 626 g/mol. The second-order valence-corrected chi connectivity index (χ2v) is 25.1. The lowest BCUT2D eigenvalue weighted by molar-refractivity contribution is -0.144. The Morgan fingerprint density at radius 2 is 1.50 bits per heavy atom. The predicted molar refractivity (Wildman–Crippen MR) is 177 cm³/mol. The van der Waals surface area contributed by atoms with Crippen LogP contribution in [0.15, 0.2) is 12.2 Å². The van der Waals surface area contributed by atoms with Crippen LogP contribution < -0.4 is 5.32 Å². The van der Waals surface area contributed by atoms with Crippen molar-refractivity contribution in [1.29, 1.82) is 0 Å². The van der Waals surface area contributed by atoms with Crippen molar-refractivity contribution in [2.24, 2.45) is 11.8 Å². The van der Waals surface area contributed by atoms with Gasteiger partial charge in [0.25, 0.3) is 14.3 Å². The van der Waals surface area contributed by atoms with Crippen molar-refractivity contribution in [2.75, 3.05) is 6.54 Å². The molecule has 1 aliphatic heterocycles. The monoisotopic (exact) mass is 625 g/mol. The van der Waals surface area contributed by atoms with E-state index in [0.29, 0.717) is 6.42 Å². The topological polar surface area (TPSA) is 90.9 Å². The Morgan fingerprint density at radius 3 is 1.98 bits per heavy atom. The largest absolute Gasteiger partial charge is 0.518 e. The maximum atomic E-state index is 13.8. The Bertz CT molecular complexity index is 902. The van der Waals surface area contributed by atoms with Gasteiger partial charge in [-0.3, -0.25) is 14.4 Å². The van der Waals surface area contributed by atoms with Crippen molar-refractivity contribution < 1.29 is 28.0 Å². The van der Waals surface area contributed by atoms with E-state index in [4.69, 9.17) is 13.6 Å². The smallest absolute Gasteiger partial charge is 0.298 e. The van der Waals surface area contributed by atoms with E-state index in [1.165, 1.54) is 0 Å². The van der Waals surface area contributed by atoms with E-state index >= 15 is 0 Å². The molecular formula is C33H63NO6Si2. The summed E-state index contributed by atoms with van der Waals surface area (Å²) in [6.07, 6.45) is 4.69. The molecule has 0 bridgehead atoms. The van der Waals surface area contributed by atoms with Gasteiger partial charge in [-0.25, -0.2) is 0 Å². The molecule has 42 heavy (non-hydrogen) atoms. The maximum Gasteiger partial charge on any atom is 0.298 e. The highest BCUT2D eigenvalue weighted by molar-refractivity contribution is 6.79. The zero-order valence-corrected chi connectivity index (χ0v) is 31.3. The van der Waals surface area contributed by atoms with E-state index in [-0.39, 0.29) is 70.4 Å². The summed E-state index contributed by atoms with van der Waals surface area (Å²) < 4.78 is 19.5. The van der Waals surface area contributed by atoms with E-state index in [9.17, 15) is 14.4 Å². The van der Waals surface area contributed by atoms with Crippen LogP contribution in [-0.2, 0) is 28.0 Å². The normalized spacial score (nSPS) is 22.1. The fourth-order valence-electron chi connectivity index (χ4n) is 6.08. The number of carbonyl (C=O) groups excluding carboxylic acids is 3. The molecule has 1 fully saturated rings. The van der Waals surface area contributed by atoms with E-state index < -0.39 is 28.7 Å². The standard InChI is InChI=1S/C33H63NO6Si2/c1-15-16-27(35)19-28-18-17-25(8)29(38-28)20-31(36)34-21-30(39-41(13,14)33(10,11)12)26(9)32(37)40-42(22(2)3,23(4)5)24(6)7/h15-16,22-26,28-30H,17-21H2,1-14H3,(H,34,36)/b16-15+/t25-,26+,28-,29+,30-/m1/s1. The van der Waals surface area contributed by atoms with Crippen LogP contribution in [0.4, 0.5) is 0 Å². The Hall–Kier alpha value is -1.30. The molecular weight excluding hydrogens is 563 g/mol. The van der Waals surface area contributed by atoms with Gasteiger partial charge >= 0.3 is 0 Å². The summed E-state index contributed by atoms with van der Waals surface area (Å²) in [5.74, 6) is -0.626. The third kappa shape index (κ3) is 10.4. The van der Waals surface area contributed by atoms with Gasteiger partial charge in [0, 0.05) is 13.0 Å². The van der Waals surface area contributed by atoms with Crippen molar-refractivity contribution in [2.45, 2.75) is 162 Å². The quantitative estimate of drug-likeness (QED) is 0.147. The van der Waals surface area contributed by atoms with Crippen LogP contribution in [0.1, 0.15) is 109 Å². The number of hydrogen-bond donors (Lipinski definition) is 1. The summed E-state index contributed by atoms with van der Waals surface area (Å²) in [7, 11) is -4.69. The lowest BCUT2D eigenvalue weighted by Gasteiger charge is -2.44. The van der Waals surface area contributed by atoms with Crippen molar-refractivity contribution in [3.8, 4) is 0 Å². The fourth-order valence-corrected chi connectivity index (χ4v) is 12.7. The first-order valence-corrected chi connectivity index (χ1v) is 21.2. The minimum atomic E-state index is -2.43. The van der Waals surface area contributed by atoms with Crippen LogP contribution >= 0.6 is 0 Å². The van der Waals surface area contributed by atoms with Gasteiger partial charge < -0.3 is 18.9 Å². The molecule has 1 N–H and O–H groups in total. The average Bonchev–Trinajstić information content (AvgIpc) is 2.85. The molecule has 0 aromatic rings. The maximum absolute atomic E-state index is 13.8. The highest BCUT2D eigenvalue weighted by Gasteiger charge is 2.50. The highest BCUT2D eigenvalue weighted by atomic mass is 28.4. The van der Waals surface area contributed by atoms with Gasteiger partial charge in [-0.05, 0) is 73.4 Å². The van der Waals surface area contributed by atoms with E-state index in [1.54, 1.807) is 12.2 Å². The van der Waals surface area contributed by atoms with Crippen molar-refractivity contribution in [3.63, 3.8) is 0 Å². The first-order chi connectivity index (χ1) is 19.2. The van der Waals surface area contributed by atoms with Gasteiger partial charge in [0.05, 0.1) is 30.7 Å². The first-order valence-electron chi connectivity index (χ1n) is 16.2. The van der Waals surface area contributed by atoms with Crippen LogP contribution in [0, 0.1) is 11.8 Å². The number of ether oxygens (including phenoxy) is 1. The number of carbonyl (C=O) groups is 3. The van der Waals surface area contributed by atoms with Crippen molar-refractivity contribution >= 4 is 34.3 Å². The summed E-state index contributed by atoms with van der Waals surface area (Å²) in [5.41, 5.74) is 0.841. The van der Waals surface area contributed by atoms with Crippen LogP contribution in [0.5, 0.6) is 0 Å². The molecule has 7 nitrogen and oxygen atoms in total. The molecule has 1 aliphatic rings. The molecule has 0 aliphatic carbocycles. The predicted octanol–water partition coefficient (Wildman–Crippen LogP) is 7.96. The number of nitrogens with one attached hydrogen (secondary N) is 1. The lowest BCUT2D eigenvalue weighted by Crippen LogP contribution is -2.54. The molecule has 0 aromatic carbocycles. The summed E-state index contributed by atoms with van der Waals surface area (Å²) in [6.45, 7) is 29.9. The van der Waals surface area contributed by atoms with Gasteiger partial charge in [0.2, 0.25) is 5.91 Å². The molecule has 9 heteroatoms. The minimum absolute atomic E-state index is 0.0474. The summed E-state index contributed by atoms with van der Waals surface area (Å²) >= 11 is 0.